The quantitative estimate of drug-likeness (QED) is 0.770. The number of anilines is 1. The van der Waals surface area contributed by atoms with E-state index in [-0.39, 0.29) is 0 Å². The summed E-state index contributed by atoms with van der Waals surface area (Å²) in [6.45, 7) is 1.95. The molecule has 0 atom stereocenters. The van der Waals surface area contributed by atoms with Gasteiger partial charge in [0.15, 0.2) is 5.65 Å². The highest BCUT2D eigenvalue weighted by atomic mass is 16.5. The Bertz CT molecular complexity index is 810. The molecular weight excluding hydrogens is 292 g/mol. The molecule has 0 amide bonds. The summed E-state index contributed by atoms with van der Waals surface area (Å²) in [4.78, 5) is 8.48. The van der Waals surface area contributed by atoms with Crippen molar-refractivity contribution in [3.8, 4) is 11.6 Å². The molecule has 118 valence electrons. The van der Waals surface area contributed by atoms with Gasteiger partial charge in [-0.3, -0.25) is 0 Å². The molecule has 4 rings (SSSR count). The largest absolute Gasteiger partial charge is 0.437 e. The van der Waals surface area contributed by atoms with Crippen LogP contribution in [0.25, 0.3) is 11.0 Å². The number of para-hydroxylation sites is 1. The van der Waals surface area contributed by atoms with Gasteiger partial charge in [0.1, 0.15) is 23.3 Å². The molecule has 0 bridgehead atoms. The monoisotopic (exact) mass is 310 g/mol. The van der Waals surface area contributed by atoms with E-state index in [0.717, 1.165) is 31.6 Å². The topological polar surface area (TPSA) is 90.9 Å². The molecule has 7 heteroatoms. The summed E-state index contributed by atoms with van der Waals surface area (Å²) < 4.78 is 7.87. The van der Waals surface area contributed by atoms with Crippen molar-refractivity contribution in [3.63, 3.8) is 0 Å². The molecule has 3 N–H and O–H groups in total. The summed E-state index contributed by atoms with van der Waals surface area (Å²) in [6.07, 6.45) is 3.49. The third-order valence-electron chi connectivity index (χ3n) is 4.10. The van der Waals surface area contributed by atoms with E-state index in [1.165, 1.54) is 6.33 Å². The normalized spacial score (nSPS) is 15.8. The molecule has 0 aliphatic carbocycles. The Labute approximate surface area is 133 Å². The first-order chi connectivity index (χ1) is 11.3. The summed E-state index contributed by atoms with van der Waals surface area (Å²) in [5.74, 6) is 1.57. The molecule has 3 aromatic rings. The van der Waals surface area contributed by atoms with Gasteiger partial charge in [-0.15, -0.1) is 5.10 Å². The van der Waals surface area contributed by atoms with E-state index in [4.69, 9.17) is 10.5 Å². The van der Waals surface area contributed by atoms with E-state index in [2.05, 4.69) is 20.4 Å². The van der Waals surface area contributed by atoms with E-state index in [1.807, 2.05) is 35.0 Å². The molecule has 1 saturated heterocycles. The van der Waals surface area contributed by atoms with Crippen LogP contribution in [0.4, 0.5) is 5.82 Å². The van der Waals surface area contributed by atoms with E-state index >= 15 is 0 Å². The van der Waals surface area contributed by atoms with Crippen molar-refractivity contribution >= 4 is 16.9 Å². The summed E-state index contributed by atoms with van der Waals surface area (Å²) in [5, 5.41) is 8.69. The molecule has 0 saturated carbocycles. The maximum atomic E-state index is 6.06. The number of aromatic nitrogens is 4. The predicted molar refractivity (Wildman–Crippen MR) is 87.4 cm³/mol. The number of piperidine rings is 1. The molecule has 2 aromatic heterocycles. The number of hydrogen-bond donors (Lipinski definition) is 2. The Morgan fingerprint density at radius 2 is 1.91 bits per heavy atom. The van der Waals surface area contributed by atoms with Crippen LogP contribution in [0.5, 0.6) is 11.6 Å². The highest BCUT2D eigenvalue weighted by Crippen LogP contribution is 2.34. The second-order valence-corrected chi connectivity index (χ2v) is 5.60. The highest BCUT2D eigenvalue weighted by molar-refractivity contribution is 5.90. The van der Waals surface area contributed by atoms with E-state index in [9.17, 15) is 0 Å². The van der Waals surface area contributed by atoms with Gasteiger partial charge >= 0.3 is 0 Å². The summed E-state index contributed by atoms with van der Waals surface area (Å²) >= 11 is 0. The third-order valence-corrected chi connectivity index (χ3v) is 4.10. The van der Waals surface area contributed by atoms with E-state index in [0.29, 0.717) is 28.9 Å². The smallest absolute Gasteiger partial charge is 0.251 e. The number of fused-ring (bicyclic) bond motifs is 1. The Balaban J connectivity index is 1.80. The second kappa shape index (κ2) is 5.85. The molecule has 1 aliphatic heterocycles. The fraction of sp³-hybridized carbons (Fsp3) is 0.312. The zero-order valence-electron chi connectivity index (χ0n) is 12.6. The van der Waals surface area contributed by atoms with Crippen LogP contribution in [0.1, 0.15) is 18.9 Å². The van der Waals surface area contributed by atoms with Crippen LogP contribution in [0, 0.1) is 0 Å². The van der Waals surface area contributed by atoms with Gasteiger partial charge < -0.3 is 15.8 Å². The van der Waals surface area contributed by atoms with Gasteiger partial charge in [0.05, 0.1) is 6.04 Å². The van der Waals surface area contributed by atoms with Gasteiger partial charge in [-0.25, -0.2) is 14.6 Å². The summed E-state index contributed by atoms with van der Waals surface area (Å²) in [5.41, 5.74) is 6.79. The van der Waals surface area contributed by atoms with Crippen molar-refractivity contribution in [2.75, 3.05) is 18.8 Å². The number of ether oxygens (including phenoxy) is 1. The molecule has 0 unspecified atom stereocenters. The van der Waals surface area contributed by atoms with E-state index < -0.39 is 0 Å². The molecular formula is C16H18N6O. The second-order valence-electron chi connectivity index (χ2n) is 5.60. The van der Waals surface area contributed by atoms with Crippen molar-refractivity contribution in [2.24, 2.45) is 0 Å². The SMILES string of the molecule is Nc1ncnc2c1c(Oc1ccccc1)nn2C1CCNCC1. The fourth-order valence-corrected chi connectivity index (χ4v) is 2.94. The Morgan fingerprint density at radius 1 is 1.13 bits per heavy atom. The van der Waals surface area contributed by atoms with Gasteiger partial charge in [-0.2, -0.15) is 0 Å². The molecule has 3 heterocycles. The number of nitrogens with two attached hydrogens (primary N) is 1. The average Bonchev–Trinajstić information content (AvgIpc) is 2.96. The minimum absolute atomic E-state index is 0.293. The first-order valence-corrected chi connectivity index (χ1v) is 7.75. The lowest BCUT2D eigenvalue weighted by Gasteiger charge is -2.23. The molecule has 0 spiro atoms. The predicted octanol–water partition coefficient (Wildman–Crippen LogP) is 2.13. The van der Waals surface area contributed by atoms with Gasteiger partial charge in [0.2, 0.25) is 0 Å². The maximum Gasteiger partial charge on any atom is 0.251 e. The number of nitrogens with one attached hydrogen (secondary N) is 1. The van der Waals surface area contributed by atoms with Crippen LogP contribution in [-0.4, -0.2) is 32.8 Å². The first kappa shape index (κ1) is 14.0. The van der Waals surface area contributed by atoms with Crippen molar-refractivity contribution in [1.82, 2.24) is 25.1 Å². The van der Waals surface area contributed by atoms with Crippen LogP contribution in [-0.2, 0) is 0 Å². The van der Waals surface area contributed by atoms with Crippen molar-refractivity contribution < 1.29 is 4.74 Å². The summed E-state index contributed by atoms with van der Waals surface area (Å²) in [7, 11) is 0. The Morgan fingerprint density at radius 3 is 2.70 bits per heavy atom. The Hall–Kier alpha value is -2.67. The van der Waals surface area contributed by atoms with Gasteiger partial charge in [-0.1, -0.05) is 18.2 Å². The third kappa shape index (κ3) is 2.59. The van der Waals surface area contributed by atoms with Crippen LogP contribution in [0.15, 0.2) is 36.7 Å². The summed E-state index contributed by atoms with van der Waals surface area (Å²) in [6, 6.07) is 9.84. The van der Waals surface area contributed by atoms with Crippen LogP contribution in [0.2, 0.25) is 0 Å². The van der Waals surface area contributed by atoms with Crippen LogP contribution in [0.3, 0.4) is 0 Å². The molecule has 1 aliphatic rings. The lowest BCUT2D eigenvalue weighted by atomic mass is 10.1. The fourth-order valence-electron chi connectivity index (χ4n) is 2.94. The van der Waals surface area contributed by atoms with E-state index in [1.54, 1.807) is 0 Å². The van der Waals surface area contributed by atoms with Crippen molar-refractivity contribution in [2.45, 2.75) is 18.9 Å². The first-order valence-electron chi connectivity index (χ1n) is 7.75. The number of nitrogen functional groups attached to an aromatic ring is 1. The van der Waals surface area contributed by atoms with Gasteiger partial charge in [0.25, 0.3) is 5.88 Å². The minimum Gasteiger partial charge on any atom is -0.437 e. The molecule has 23 heavy (non-hydrogen) atoms. The van der Waals surface area contributed by atoms with Crippen molar-refractivity contribution in [3.05, 3.63) is 36.7 Å². The number of rotatable bonds is 3. The molecule has 7 nitrogen and oxygen atoms in total. The van der Waals surface area contributed by atoms with Gasteiger partial charge in [0, 0.05) is 0 Å². The molecule has 0 radical (unpaired) electrons. The van der Waals surface area contributed by atoms with Gasteiger partial charge in [-0.05, 0) is 38.1 Å². The standard InChI is InChI=1S/C16H18N6O/c17-14-13-15(20-10-19-14)22(11-6-8-18-9-7-11)21-16(13)23-12-4-2-1-3-5-12/h1-5,10-11,18H,6-9H2,(H2,17,19,20). The van der Waals surface area contributed by atoms with Crippen LogP contribution < -0.4 is 15.8 Å². The average molecular weight is 310 g/mol. The number of benzene rings is 1. The zero-order valence-corrected chi connectivity index (χ0v) is 12.6. The maximum absolute atomic E-state index is 6.06. The van der Waals surface area contributed by atoms with Crippen LogP contribution >= 0.6 is 0 Å². The lowest BCUT2D eigenvalue weighted by Crippen LogP contribution is -2.30. The number of nitrogens with zero attached hydrogens (tertiary/aromatic N) is 4. The lowest BCUT2D eigenvalue weighted by molar-refractivity contribution is 0.340. The van der Waals surface area contributed by atoms with Crippen molar-refractivity contribution in [1.29, 1.82) is 0 Å². The molecule has 1 aromatic carbocycles. The minimum atomic E-state index is 0.293. The zero-order chi connectivity index (χ0) is 15.6. The highest BCUT2D eigenvalue weighted by Gasteiger charge is 2.23. The molecule has 1 fully saturated rings. The Kier molecular flexibility index (Phi) is 3.55. The number of hydrogen-bond acceptors (Lipinski definition) is 6.